The Hall–Kier alpha value is -2.78. The molecular formula is C20H26N8S. The molecule has 3 heterocycles. The Morgan fingerprint density at radius 1 is 1.07 bits per heavy atom. The maximum atomic E-state index is 4.85. The van der Waals surface area contributed by atoms with Gasteiger partial charge < -0.3 is 20.4 Å². The van der Waals surface area contributed by atoms with Crippen LogP contribution >= 0.6 is 11.8 Å². The molecule has 0 saturated carbocycles. The predicted octanol–water partition coefficient (Wildman–Crippen LogP) is 3.39. The molecule has 0 atom stereocenters. The summed E-state index contributed by atoms with van der Waals surface area (Å²) in [6.07, 6.45) is 0. The zero-order valence-corrected chi connectivity index (χ0v) is 18.0. The molecule has 0 bridgehead atoms. The van der Waals surface area contributed by atoms with Crippen LogP contribution in [-0.2, 0) is 0 Å². The molecule has 1 aliphatic heterocycles. The number of aromatic amines is 1. The van der Waals surface area contributed by atoms with Gasteiger partial charge in [-0.3, -0.25) is 5.10 Å². The molecule has 0 radical (unpaired) electrons. The van der Waals surface area contributed by atoms with Crippen LogP contribution in [0.1, 0.15) is 5.69 Å². The van der Waals surface area contributed by atoms with Crippen LogP contribution in [0.25, 0.3) is 11.4 Å². The quantitative estimate of drug-likeness (QED) is 0.547. The van der Waals surface area contributed by atoms with Gasteiger partial charge in [0.2, 0.25) is 0 Å². The van der Waals surface area contributed by atoms with Gasteiger partial charge in [0.15, 0.2) is 11.6 Å². The highest BCUT2D eigenvalue weighted by molar-refractivity contribution is 7.99. The Labute approximate surface area is 175 Å². The highest BCUT2D eigenvalue weighted by atomic mass is 32.2. The Balaban J connectivity index is 1.69. The number of aromatic nitrogens is 4. The summed E-state index contributed by atoms with van der Waals surface area (Å²) in [5.41, 5.74) is 3.17. The molecular weight excluding hydrogens is 384 g/mol. The standard InChI is InChI=1S/C20H26N8S/c1-13-9-18(26-25-13)22-17-11-19(28(4)8-7-27(2)3)24-20(23-17)14-5-6-15-16(10-14)29-12-21-15/h5-6,9-11,21H,7-8,12H2,1-4H3,(H2,22,23,24,25,26). The molecule has 29 heavy (non-hydrogen) atoms. The molecule has 3 N–H and O–H groups in total. The van der Waals surface area contributed by atoms with E-state index in [2.05, 4.69) is 70.0 Å². The molecule has 1 aromatic carbocycles. The first-order chi connectivity index (χ1) is 14.0. The Bertz CT molecular complexity index is 1000. The fourth-order valence-electron chi connectivity index (χ4n) is 3.02. The van der Waals surface area contributed by atoms with Gasteiger partial charge in [0.25, 0.3) is 0 Å². The van der Waals surface area contributed by atoms with Gasteiger partial charge in [-0.25, -0.2) is 9.97 Å². The summed E-state index contributed by atoms with van der Waals surface area (Å²) in [7, 11) is 6.20. The summed E-state index contributed by atoms with van der Waals surface area (Å²) >= 11 is 1.80. The number of likely N-dealkylation sites (N-methyl/N-ethyl adjacent to an activating group) is 2. The van der Waals surface area contributed by atoms with Crippen LogP contribution in [0.3, 0.4) is 0 Å². The summed E-state index contributed by atoms with van der Waals surface area (Å²) in [6, 6.07) is 10.2. The van der Waals surface area contributed by atoms with E-state index < -0.39 is 0 Å². The van der Waals surface area contributed by atoms with Crippen molar-refractivity contribution in [1.29, 1.82) is 0 Å². The number of nitrogens with zero attached hydrogens (tertiary/aromatic N) is 5. The normalized spacial score (nSPS) is 12.7. The monoisotopic (exact) mass is 410 g/mol. The molecule has 0 fully saturated rings. The number of hydrogen-bond acceptors (Lipinski definition) is 8. The summed E-state index contributed by atoms with van der Waals surface area (Å²) in [5, 5.41) is 13.9. The lowest BCUT2D eigenvalue weighted by molar-refractivity contribution is 0.416. The molecule has 9 heteroatoms. The minimum absolute atomic E-state index is 0.698. The van der Waals surface area contributed by atoms with Gasteiger partial charge in [0, 0.05) is 54.1 Å². The van der Waals surface area contributed by atoms with E-state index in [4.69, 9.17) is 9.97 Å². The summed E-state index contributed by atoms with van der Waals surface area (Å²) < 4.78 is 0. The predicted molar refractivity (Wildman–Crippen MR) is 120 cm³/mol. The third-order valence-electron chi connectivity index (χ3n) is 4.68. The third-order valence-corrected chi connectivity index (χ3v) is 5.62. The van der Waals surface area contributed by atoms with Crippen molar-refractivity contribution >= 4 is 34.9 Å². The second-order valence-electron chi connectivity index (χ2n) is 7.40. The zero-order valence-electron chi connectivity index (χ0n) is 17.2. The molecule has 0 amide bonds. The van der Waals surface area contributed by atoms with Crippen LogP contribution in [-0.4, -0.2) is 65.2 Å². The molecule has 0 aliphatic carbocycles. The summed E-state index contributed by atoms with van der Waals surface area (Å²) in [4.78, 5) is 15.2. The van der Waals surface area contributed by atoms with Gasteiger partial charge in [-0.15, -0.1) is 11.8 Å². The molecule has 2 aromatic heterocycles. The fourth-order valence-corrected chi connectivity index (χ4v) is 3.91. The summed E-state index contributed by atoms with van der Waals surface area (Å²) in [6.45, 7) is 3.78. The molecule has 0 saturated heterocycles. The first kappa shape index (κ1) is 19.5. The number of anilines is 4. The van der Waals surface area contributed by atoms with E-state index in [-0.39, 0.29) is 0 Å². The van der Waals surface area contributed by atoms with Crippen molar-refractivity contribution in [3.63, 3.8) is 0 Å². The van der Waals surface area contributed by atoms with Crippen LogP contribution in [0.5, 0.6) is 0 Å². The number of thioether (sulfide) groups is 1. The van der Waals surface area contributed by atoms with Crippen molar-refractivity contribution in [1.82, 2.24) is 25.1 Å². The number of benzene rings is 1. The maximum Gasteiger partial charge on any atom is 0.163 e. The minimum Gasteiger partial charge on any atom is -0.375 e. The van der Waals surface area contributed by atoms with Crippen molar-refractivity contribution < 1.29 is 0 Å². The SMILES string of the molecule is Cc1cc(Nc2cc(N(C)CCN(C)C)nc(-c3ccc4c(c3)SCN4)n2)n[nH]1. The lowest BCUT2D eigenvalue weighted by atomic mass is 10.2. The van der Waals surface area contributed by atoms with Gasteiger partial charge in [-0.1, -0.05) is 0 Å². The average molecular weight is 411 g/mol. The van der Waals surface area contributed by atoms with E-state index in [1.165, 1.54) is 10.6 Å². The molecule has 3 aromatic rings. The number of fused-ring (bicyclic) bond motifs is 1. The van der Waals surface area contributed by atoms with Gasteiger partial charge in [-0.2, -0.15) is 5.10 Å². The average Bonchev–Trinajstić information content (AvgIpc) is 3.33. The minimum atomic E-state index is 0.698. The van der Waals surface area contributed by atoms with E-state index in [0.29, 0.717) is 5.82 Å². The third kappa shape index (κ3) is 4.63. The van der Waals surface area contributed by atoms with Crippen LogP contribution in [0, 0.1) is 6.92 Å². The van der Waals surface area contributed by atoms with Crippen LogP contribution < -0.4 is 15.5 Å². The van der Waals surface area contributed by atoms with Crippen LogP contribution in [0.4, 0.5) is 23.1 Å². The molecule has 4 rings (SSSR count). The Morgan fingerprint density at radius 3 is 2.69 bits per heavy atom. The Morgan fingerprint density at radius 2 is 1.93 bits per heavy atom. The van der Waals surface area contributed by atoms with Crippen molar-refractivity contribution in [2.75, 3.05) is 55.6 Å². The first-order valence-electron chi connectivity index (χ1n) is 9.53. The Kier molecular flexibility index (Phi) is 5.59. The molecule has 152 valence electrons. The largest absolute Gasteiger partial charge is 0.375 e. The topological polar surface area (TPSA) is 85.0 Å². The number of aryl methyl sites for hydroxylation is 1. The van der Waals surface area contributed by atoms with E-state index >= 15 is 0 Å². The van der Waals surface area contributed by atoms with E-state index in [1.807, 2.05) is 19.1 Å². The second-order valence-corrected chi connectivity index (χ2v) is 8.41. The first-order valence-corrected chi connectivity index (χ1v) is 10.5. The van der Waals surface area contributed by atoms with Crippen molar-refractivity contribution in [3.8, 4) is 11.4 Å². The van der Waals surface area contributed by atoms with Gasteiger partial charge in [0.05, 0.1) is 5.88 Å². The molecule has 1 aliphatic rings. The smallest absolute Gasteiger partial charge is 0.163 e. The molecule has 0 unspecified atom stereocenters. The van der Waals surface area contributed by atoms with Crippen LogP contribution in [0.15, 0.2) is 35.2 Å². The number of rotatable bonds is 7. The van der Waals surface area contributed by atoms with Crippen molar-refractivity contribution in [2.24, 2.45) is 0 Å². The maximum absolute atomic E-state index is 4.85. The van der Waals surface area contributed by atoms with Crippen molar-refractivity contribution in [3.05, 3.63) is 36.0 Å². The zero-order chi connectivity index (χ0) is 20.4. The molecule has 0 spiro atoms. The number of nitrogens with one attached hydrogen (secondary N) is 3. The highest BCUT2D eigenvalue weighted by Gasteiger charge is 2.15. The number of hydrogen-bond donors (Lipinski definition) is 3. The van der Waals surface area contributed by atoms with Crippen LogP contribution in [0.2, 0.25) is 0 Å². The second kappa shape index (κ2) is 8.30. The highest BCUT2D eigenvalue weighted by Crippen LogP contribution is 2.36. The van der Waals surface area contributed by atoms with Gasteiger partial charge in [0.1, 0.15) is 11.6 Å². The fraction of sp³-hybridized carbons (Fsp3) is 0.350. The number of H-pyrrole nitrogens is 1. The van der Waals surface area contributed by atoms with E-state index in [0.717, 1.165) is 47.7 Å². The molecule has 8 nitrogen and oxygen atoms in total. The van der Waals surface area contributed by atoms with E-state index in [1.54, 1.807) is 11.8 Å². The lowest BCUT2D eigenvalue weighted by Gasteiger charge is -2.21. The van der Waals surface area contributed by atoms with Crippen molar-refractivity contribution in [2.45, 2.75) is 11.8 Å². The van der Waals surface area contributed by atoms with Gasteiger partial charge >= 0.3 is 0 Å². The van der Waals surface area contributed by atoms with Gasteiger partial charge in [-0.05, 0) is 39.2 Å². The summed E-state index contributed by atoms with van der Waals surface area (Å²) in [5.74, 6) is 3.93. The van der Waals surface area contributed by atoms with E-state index in [9.17, 15) is 0 Å². The lowest BCUT2D eigenvalue weighted by Crippen LogP contribution is -2.29.